The second-order valence-corrected chi connectivity index (χ2v) is 11.4. The first-order chi connectivity index (χ1) is 15.9. The van der Waals surface area contributed by atoms with Gasteiger partial charge in [-0.1, -0.05) is 56.3 Å². The van der Waals surface area contributed by atoms with Gasteiger partial charge in [-0.25, -0.2) is 4.79 Å². The van der Waals surface area contributed by atoms with Gasteiger partial charge in [-0.2, -0.15) is 0 Å². The van der Waals surface area contributed by atoms with Gasteiger partial charge in [0.25, 0.3) is 0 Å². The van der Waals surface area contributed by atoms with Gasteiger partial charge in [-0.3, -0.25) is 4.90 Å². The predicted molar refractivity (Wildman–Crippen MR) is 132 cm³/mol. The van der Waals surface area contributed by atoms with Gasteiger partial charge in [0, 0.05) is 6.54 Å². The van der Waals surface area contributed by atoms with Gasteiger partial charge in [-0.15, -0.1) is 0 Å². The average molecular weight is 445 g/mol. The fourth-order valence-electron chi connectivity index (χ4n) is 7.00. The minimum Gasteiger partial charge on any atom is -0.465 e. The van der Waals surface area contributed by atoms with Crippen molar-refractivity contribution >= 4 is 6.09 Å². The number of aryl methyl sites for hydroxylation is 1. The Morgan fingerprint density at radius 3 is 2.30 bits per heavy atom. The fourth-order valence-corrected chi connectivity index (χ4v) is 7.00. The third-order valence-corrected chi connectivity index (χ3v) is 9.19. The summed E-state index contributed by atoms with van der Waals surface area (Å²) in [4.78, 5) is 17.2. The van der Waals surface area contributed by atoms with E-state index in [0.717, 1.165) is 45.3 Å². The van der Waals surface area contributed by atoms with E-state index in [4.69, 9.17) is 0 Å². The lowest BCUT2D eigenvalue weighted by Gasteiger charge is -2.52. The van der Waals surface area contributed by atoms with Crippen LogP contribution in [0.15, 0.2) is 42.5 Å². The molecule has 33 heavy (non-hydrogen) atoms. The Morgan fingerprint density at radius 1 is 1.03 bits per heavy atom. The summed E-state index contributed by atoms with van der Waals surface area (Å²) in [6.07, 6.45) is 6.09. The number of hydrogen-bond donors (Lipinski definition) is 1. The first-order valence-electron chi connectivity index (χ1n) is 12.9. The molecule has 1 amide bonds. The Bertz CT molecular complexity index is 1050. The second kappa shape index (κ2) is 7.87. The Kier molecular flexibility index (Phi) is 5.06. The molecule has 1 spiro atoms. The number of carboxylic acid groups (broad SMARTS) is 1. The molecule has 1 unspecified atom stereocenters. The van der Waals surface area contributed by atoms with Crippen LogP contribution < -0.4 is 0 Å². The Labute approximate surface area is 197 Å². The molecule has 1 N–H and O–H groups in total. The van der Waals surface area contributed by atoms with E-state index in [1.807, 2.05) is 4.90 Å². The van der Waals surface area contributed by atoms with E-state index in [9.17, 15) is 9.90 Å². The number of piperidine rings is 3. The number of amides is 1. The maximum absolute atomic E-state index is 12.8. The summed E-state index contributed by atoms with van der Waals surface area (Å²) in [5.41, 5.74) is 6.66. The van der Waals surface area contributed by atoms with E-state index < -0.39 is 6.09 Å². The maximum Gasteiger partial charge on any atom is 0.408 e. The molecule has 3 saturated heterocycles. The van der Waals surface area contributed by atoms with Crippen LogP contribution in [0, 0.1) is 11.3 Å². The normalized spacial score (nSPS) is 29.2. The van der Waals surface area contributed by atoms with E-state index in [0.29, 0.717) is 11.8 Å². The Hall–Kier alpha value is -2.33. The summed E-state index contributed by atoms with van der Waals surface area (Å²) >= 11 is 0. The summed E-state index contributed by atoms with van der Waals surface area (Å²) in [7, 11) is 0. The standard InChI is InChI=1S/C29H36N2O2/c1-19(2)20-3-5-21(6-4-20)23-7-8-25-24(17-23)9-12-29(13-14-29)27(25)31(28(32)33)26-18-30-15-10-22(26)11-16-30/h3-8,17,19,22,26-27H,9-16,18H2,1-2H3,(H,32,33)/t26?,27-/m1/s1. The highest BCUT2D eigenvalue weighted by Gasteiger charge is 2.57. The minimum atomic E-state index is -0.716. The monoisotopic (exact) mass is 444 g/mol. The van der Waals surface area contributed by atoms with Crippen LogP contribution in [0.3, 0.4) is 0 Å². The SMILES string of the molecule is CC(C)c1ccc(-c2ccc3c(c2)CCC2(CC2)[C@@H]3N(C(=O)O)C2CN3CCC2CC3)cc1. The highest BCUT2D eigenvalue weighted by molar-refractivity contribution is 5.69. The molecule has 4 nitrogen and oxygen atoms in total. The van der Waals surface area contributed by atoms with Crippen molar-refractivity contribution in [3.8, 4) is 11.1 Å². The van der Waals surface area contributed by atoms with Crippen molar-refractivity contribution in [2.24, 2.45) is 11.3 Å². The zero-order valence-corrected chi connectivity index (χ0v) is 20.0. The van der Waals surface area contributed by atoms with Gasteiger partial charge in [0.15, 0.2) is 0 Å². The van der Waals surface area contributed by atoms with Crippen LogP contribution in [0.25, 0.3) is 11.1 Å². The number of rotatable bonds is 4. The predicted octanol–water partition coefficient (Wildman–Crippen LogP) is 6.32. The van der Waals surface area contributed by atoms with E-state index in [1.165, 1.54) is 40.7 Å². The van der Waals surface area contributed by atoms with Crippen LogP contribution in [0.2, 0.25) is 0 Å². The number of hydrogen-bond acceptors (Lipinski definition) is 2. The topological polar surface area (TPSA) is 43.8 Å². The lowest BCUT2D eigenvalue weighted by Crippen LogP contribution is -2.60. The van der Waals surface area contributed by atoms with E-state index in [1.54, 1.807) is 0 Å². The van der Waals surface area contributed by atoms with Crippen LogP contribution >= 0.6 is 0 Å². The lowest BCUT2D eigenvalue weighted by atomic mass is 9.73. The molecule has 4 heteroatoms. The number of benzene rings is 2. The average Bonchev–Trinajstić information content (AvgIpc) is 3.61. The van der Waals surface area contributed by atoms with Crippen LogP contribution in [0.5, 0.6) is 0 Å². The third-order valence-electron chi connectivity index (χ3n) is 9.19. The molecule has 3 heterocycles. The van der Waals surface area contributed by atoms with Crippen molar-refractivity contribution in [1.29, 1.82) is 0 Å². The molecule has 5 aliphatic rings. The summed E-state index contributed by atoms with van der Waals surface area (Å²) < 4.78 is 0. The van der Waals surface area contributed by atoms with Crippen molar-refractivity contribution in [1.82, 2.24) is 9.80 Å². The molecule has 0 aromatic heterocycles. The zero-order valence-electron chi connectivity index (χ0n) is 20.0. The molecule has 1 saturated carbocycles. The minimum absolute atomic E-state index is 0.0154. The lowest BCUT2D eigenvalue weighted by molar-refractivity contribution is -0.0243. The largest absolute Gasteiger partial charge is 0.465 e. The summed E-state index contributed by atoms with van der Waals surface area (Å²) in [5.74, 6) is 1.05. The zero-order chi connectivity index (χ0) is 22.7. The number of carbonyl (C=O) groups is 1. The molecule has 2 atom stereocenters. The first kappa shape index (κ1) is 21.2. The van der Waals surface area contributed by atoms with Crippen molar-refractivity contribution in [3.63, 3.8) is 0 Å². The molecule has 7 rings (SSSR count). The van der Waals surface area contributed by atoms with Crippen molar-refractivity contribution in [2.75, 3.05) is 19.6 Å². The number of nitrogens with zero attached hydrogens (tertiary/aromatic N) is 2. The van der Waals surface area contributed by atoms with Gasteiger partial charge >= 0.3 is 6.09 Å². The van der Waals surface area contributed by atoms with Crippen LogP contribution in [0.1, 0.15) is 74.6 Å². The van der Waals surface area contributed by atoms with Gasteiger partial charge < -0.3 is 10.0 Å². The van der Waals surface area contributed by atoms with Gasteiger partial charge in [0.2, 0.25) is 0 Å². The van der Waals surface area contributed by atoms with Crippen molar-refractivity contribution in [2.45, 2.75) is 70.4 Å². The van der Waals surface area contributed by atoms with E-state index in [-0.39, 0.29) is 17.5 Å². The number of fused-ring (bicyclic) bond motifs is 4. The van der Waals surface area contributed by atoms with E-state index >= 15 is 0 Å². The van der Waals surface area contributed by atoms with Crippen LogP contribution in [0.4, 0.5) is 4.79 Å². The van der Waals surface area contributed by atoms with Gasteiger partial charge in [-0.05, 0) is 96.7 Å². The van der Waals surface area contributed by atoms with Gasteiger partial charge in [0.1, 0.15) is 0 Å². The second-order valence-electron chi connectivity index (χ2n) is 11.4. The third kappa shape index (κ3) is 3.58. The first-order valence-corrected chi connectivity index (χ1v) is 12.9. The molecule has 2 aromatic rings. The van der Waals surface area contributed by atoms with Crippen LogP contribution in [-0.4, -0.2) is 46.7 Å². The maximum atomic E-state index is 12.8. The highest BCUT2D eigenvalue weighted by atomic mass is 16.4. The summed E-state index contributed by atoms with van der Waals surface area (Å²) in [6.45, 7) is 7.65. The van der Waals surface area contributed by atoms with Crippen molar-refractivity contribution < 1.29 is 9.90 Å². The fraction of sp³-hybridized carbons (Fsp3) is 0.552. The molecule has 174 valence electrons. The molecular formula is C29H36N2O2. The quantitative estimate of drug-likeness (QED) is 0.600. The van der Waals surface area contributed by atoms with Crippen LogP contribution in [-0.2, 0) is 6.42 Å². The van der Waals surface area contributed by atoms with Gasteiger partial charge in [0.05, 0.1) is 12.1 Å². The summed E-state index contributed by atoms with van der Waals surface area (Å²) in [5, 5.41) is 10.5. The van der Waals surface area contributed by atoms with Crippen molar-refractivity contribution in [3.05, 3.63) is 59.2 Å². The molecule has 2 aromatic carbocycles. The smallest absolute Gasteiger partial charge is 0.408 e. The highest BCUT2D eigenvalue weighted by Crippen LogP contribution is 2.63. The molecule has 0 radical (unpaired) electrons. The molecule has 3 aliphatic heterocycles. The molecular weight excluding hydrogens is 408 g/mol. The molecule has 4 fully saturated rings. The Balaban J connectivity index is 1.37. The molecule has 2 aliphatic carbocycles. The Morgan fingerprint density at radius 2 is 1.73 bits per heavy atom. The van der Waals surface area contributed by atoms with E-state index in [2.05, 4.69) is 61.2 Å². The summed E-state index contributed by atoms with van der Waals surface area (Å²) in [6, 6.07) is 15.9. The molecule has 2 bridgehead atoms.